The highest BCUT2D eigenvalue weighted by Gasteiger charge is 2.10. The van der Waals surface area contributed by atoms with E-state index in [1.165, 1.54) is 0 Å². The van der Waals surface area contributed by atoms with Gasteiger partial charge >= 0.3 is 0 Å². The van der Waals surface area contributed by atoms with Gasteiger partial charge in [-0.25, -0.2) is 0 Å². The zero-order chi connectivity index (χ0) is 6.08. The molecule has 0 aromatic rings. The van der Waals surface area contributed by atoms with Crippen LogP contribution in [0.3, 0.4) is 0 Å². The zero-order valence-corrected chi connectivity index (χ0v) is 6.02. The van der Waals surface area contributed by atoms with E-state index in [1.807, 2.05) is 0 Å². The van der Waals surface area contributed by atoms with Gasteiger partial charge in [-0.05, 0) is 13.8 Å². The summed E-state index contributed by atoms with van der Waals surface area (Å²) < 4.78 is 1.06. The molecule has 8 heavy (non-hydrogen) atoms. The molecule has 0 aliphatic heterocycles. The fourth-order valence-corrected chi connectivity index (χ4v) is 0. The SMILES string of the molecule is B.CC(C)[N+](C)(C)C.[H-]. The van der Waals surface area contributed by atoms with E-state index in [0.717, 1.165) is 10.5 Å². The maximum Gasteiger partial charge on any atom is 0.0827 e. The third-order valence-corrected chi connectivity index (χ3v) is 1.55. The molecule has 2 heteroatoms. The van der Waals surface area contributed by atoms with Gasteiger partial charge in [-0.2, -0.15) is 0 Å². The molecule has 0 rings (SSSR count). The largest absolute Gasteiger partial charge is 1.00 e. The van der Waals surface area contributed by atoms with E-state index in [9.17, 15) is 0 Å². The average molecular weight is 117 g/mol. The molecule has 0 saturated heterocycles. The lowest BCUT2D eigenvalue weighted by Gasteiger charge is -2.28. The van der Waals surface area contributed by atoms with Crippen molar-refractivity contribution in [1.82, 2.24) is 0 Å². The van der Waals surface area contributed by atoms with Crippen LogP contribution in [0.25, 0.3) is 0 Å². The third kappa shape index (κ3) is 4.19. The molecule has 0 aromatic carbocycles. The predicted molar refractivity (Wildman–Crippen MR) is 44.2 cm³/mol. The van der Waals surface area contributed by atoms with Crippen LogP contribution in [0.15, 0.2) is 0 Å². The first kappa shape index (κ1) is 10.9. The molecule has 1 nitrogen and oxygen atoms in total. The number of rotatable bonds is 1. The van der Waals surface area contributed by atoms with Crippen LogP contribution in [-0.4, -0.2) is 40.1 Å². The van der Waals surface area contributed by atoms with Gasteiger partial charge in [-0.3, -0.25) is 0 Å². The first-order valence-corrected chi connectivity index (χ1v) is 2.75. The Morgan fingerprint density at radius 3 is 1.25 bits per heavy atom. The van der Waals surface area contributed by atoms with Gasteiger partial charge in [-0.15, -0.1) is 0 Å². The molecule has 0 radical (unpaired) electrons. The lowest BCUT2D eigenvalue weighted by Crippen LogP contribution is -2.41. The van der Waals surface area contributed by atoms with Crippen LogP contribution in [0.5, 0.6) is 0 Å². The van der Waals surface area contributed by atoms with Gasteiger partial charge in [0, 0.05) is 0 Å². The second-order valence-electron chi connectivity index (χ2n) is 3.21. The van der Waals surface area contributed by atoms with Gasteiger partial charge in [0.15, 0.2) is 0 Å². The smallest absolute Gasteiger partial charge is 0.0827 e. The van der Waals surface area contributed by atoms with Crippen molar-refractivity contribution >= 4 is 8.41 Å². The summed E-state index contributed by atoms with van der Waals surface area (Å²) in [5, 5.41) is 0. The molecule has 0 bridgehead atoms. The van der Waals surface area contributed by atoms with E-state index in [-0.39, 0.29) is 9.84 Å². The Labute approximate surface area is 56.3 Å². The Morgan fingerprint density at radius 1 is 1.12 bits per heavy atom. The normalized spacial score (nSPS) is 11.2. The molecule has 0 aliphatic carbocycles. The third-order valence-electron chi connectivity index (χ3n) is 1.55. The Morgan fingerprint density at radius 2 is 1.25 bits per heavy atom. The van der Waals surface area contributed by atoms with Crippen LogP contribution < -0.4 is 0 Å². The Balaban J connectivity index is -0.000000180. The van der Waals surface area contributed by atoms with Crippen molar-refractivity contribution in [2.24, 2.45) is 0 Å². The molecule has 0 atom stereocenters. The highest BCUT2D eigenvalue weighted by Crippen LogP contribution is 1.97. The minimum absolute atomic E-state index is 0. The van der Waals surface area contributed by atoms with Crippen molar-refractivity contribution in [3.05, 3.63) is 0 Å². The maximum atomic E-state index is 2.22. The van der Waals surface area contributed by atoms with Gasteiger partial charge in [-0.1, -0.05) is 0 Å². The molecule has 0 heterocycles. The first-order valence-electron chi connectivity index (χ1n) is 2.75. The number of nitrogens with zero attached hydrogens (tertiary/aromatic N) is 1. The minimum Gasteiger partial charge on any atom is -1.00 e. The van der Waals surface area contributed by atoms with Crippen LogP contribution in [0.4, 0.5) is 0 Å². The molecule has 0 fully saturated rings. The molecule has 0 saturated carbocycles. The summed E-state index contributed by atoms with van der Waals surface area (Å²) in [5.74, 6) is 0. The van der Waals surface area contributed by atoms with E-state index >= 15 is 0 Å². The minimum atomic E-state index is 0. The summed E-state index contributed by atoms with van der Waals surface area (Å²) in [6.07, 6.45) is 0. The maximum absolute atomic E-state index is 2.22. The van der Waals surface area contributed by atoms with Gasteiger partial charge in [0.25, 0.3) is 0 Å². The van der Waals surface area contributed by atoms with E-state index in [1.54, 1.807) is 0 Å². The number of hydrogen-bond donors (Lipinski definition) is 0. The van der Waals surface area contributed by atoms with Crippen molar-refractivity contribution < 1.29 is 5.91 Å². The number of hydrogen-bond acceptors (Lipinski definition) is 0. The van der Waals surface area contributed by atoms with Crippen molar-refractivity contribution in [1.29, 1.82) is 0 Å². The van der Waals surface area contributed by atoms with E-state index in [0.29, 0.717) is 0 Å². The number of quaternary nitrogens is 1. The fraction of sp³-hybridized carbons (Fsp3) is 1.00. The molecule has 0 unspecified atom stereocenters. The first-order chi connectivity index (χ1) is 2.94. The topological polar surface area (TPSA) is 0 Å². The van der Waals surface area contributed by atoms with Gasteiger partial charge in [0.1, 0.15) is 0 Å². The fourth-order valence-electron chi connectivity index (χ4n) is 0. The highest BCUT2D eigenvalue weighted by molar-refractivity contribution is 5.75. The Bertz CT molecular complexity index is 58.6. The summed E-state index contributed by atoms with van der Waals surface area (Å²) in [5.41, 5.74) is 0. The van der Waals surface area contributed by atoms with Crippen LogP contribution in [0.2, 0.25) is 0 Å². The summed E-state index contributed by atoms with van der Waals surface area (Å²) in [4.78, 5) is 0. The van der Waals surface area contributed by atoms with Gasteiger partial charge < -0.3 is 5.91 Å². The van der Waals surface area contributed by atoms with Gasteiger partial charge in [0.2, 0.25) is 0 Å². The van der Waals surface area contributed by atoms with E-state index in [4.69, 9.17) is 0 Å². The summed E-state index contributed by atoms with van der Waals surface area (Å²) in [7, 11) is 6.60. The Kier molecular flexibility index (Phi) is 4.27. The predicted octanol–water partition coefficient (Wildman–Crippen LogP) is 0.0296. The average Bonchev–Trinajstić information content (AvgIpc) is 1.31. The highest BCUT2D eigenvalue weighted by atomic mass is 15.3. The molecule has 52 valence electrons. The monoisotopic (exact) mass is 117 g/mol. The zero-order valence-electron chi connectivity index (χ0n) is 7.02. The molecule has 0 aromatic heterocycles. The van der Waals surface area contributed by atoms with Crippen molar-refractivity contribution in [3.63, 3.8) is 0 Å². The summed E-state index contributed by atoms with van der Waals surface area (Å²) in [6.45, 7) is 4.44. The molecule has 0 spiro atoms. The van der Waals surface area contributed by atoms with Crippen molar-refractivity contribution in [3.8, 4) is 0 Å². The Hall–Kier alpha value is 0.0249. The second-order valence-corrected chi connectivity index (χ2v) is 3.21. The molecule has 0 aliphatic rings. The second kappa shape index (κ2) is 3.13. The quantitative estimate of drug-likeness (QED) is 0.335. The van der Waals surface area contributed by atoms with Crippen molar-refractivity contribution in [2.45, 2.75) is 19.9 Å². The summed E-state index contributed by atoms with van der Waals surface area (Å²) in [6, 6.07) is 0.736. The summed E-state index contributed by atoms with van der Waals surface area (Å²) >= 11 is 0. The van der Waals surface area contributed by atoms with Crippen LogP contribution >= 0.6 is 0 Å². The lowest BCUT2D eigenvalue weighted by molar-refractivity contribution is -0.891. The van der Waals surface area contributed by atoms with E-state index < -0.39 is 0 Å². The van der Waals surface area contributed by atoms with Crippen molar-refractivity contribution in [2.75, 3.05) is 21.1 Å². The standard InChI is InChI=1S/C6H16N.BH3.H/c1-6(2)7(3,4)5;;/h6H,1-5H3;1H3;/q+1;;-1. The van der Waals surface area contributed by atoms with Crippen LogP contribution in [0, 0.1) is 0 Å². The van der Waals surface area contributed by atoms with Crippen LogP contribution in [-0.2, 0) is 0 Å². The van der Waals surface area contributed by atoms with Crippen LogP contribution in [0.1, 0.15) is 15.3 Å². The lowest BCUT2D eigenvalue weighted by atomic mass is 10.3. The molecular weight excluding hydrogens is 96.9 g/mol. The molecule has 0 N–H and O–H groups in total. The van der Waals surface area contributed by atoms with E-state index in [2.05, 4.69) is 35.0 Å². The molecule has 0 amide bonds. The van der Waals surface area contributed by atoms with Gasteiger partial charge in [0.05, 0.1) is 35.6 Å². The molecular formula is C6H20BN.